The third-order valence-electron chi connectivity index (χ3n) is 5.26. The maximum Gasteiger partial charge on any atom is 0.225 e. The van der Waals surface area contributed by atoms with Crippen molar-refractivity contribution in [1.29, 1.82) is 0 Å². The van der Waals surface area contributed by atoms with E-state index >= 15 is 0 Å². The second-order valence-corrected chi connectivity index (χ2v) is 7.35. The zero-order chi connectivity index (χ0) is 18.0. The Bertz CT molecular complexity index is 734. The molecule has 0 aliphatic carbocycles. The van der Waals surface area contributed by atoms with Gasteiger partial charge >= 0.3 is 0 Å². The van der Waals surface area contributed by atoms with E-state index in [1.807, 2.05) is 31.5 Å². The van der Waals surface area contributed by atoms with Gasteiger partial charge in [0.25, 0.3) is 0 Å². The van der Waals surface area contributed by atoms with Crippen molar-refractivity contribution in [2.75, 3.05) is 37.0 Å². The average Bonchev–Trinajstić information content (AvgIpc) is 3.04. The number of aromatic nitrogens is 2. The lowest BCUT2D eigenvalue weighted by molar-refractivity contribution is -0.00668. The number of benzene rings is 1. The molecule has 2 atom stereocenters. The van der Waals surface area contributed by atoms with Crippen molar-refractivity contribution in [3.8, 4) is 5.75 Å². The molecule has 2 aromatic rings. The van der Waals surface area contributed by atoms with Crippen LogP contribution in [0.4, 0.5) is 11.6 Å². The van der Waals surface area contributed by atoms with Gasteiger partial charge in [-0.1, -0.05) is 0 Å². The van der Waals surface area contributed by atoms with Gasteiger partial charge in [0, 0.05) is 37.6 Å². The summed E-state index contributed by atoms with van der Waals surface area (Å²) in [6.45, 7) is 4.59. The molecule has 2 fully saturated rings. The van der Waals surface area contributed by atoms with E-state index in [9.17, 15) is 0 Å². The molecule has 2 aliphatic rings. The molecule has 26 heavy (non-hydrogen) atoms. The Labute approximate surface area is 154 Å². The molecule has 0 radical (unpaired) electrons. The first-order valence-corrected chi connectivity index (χ1v) is 9.24. The fraction of sp³-hybridized carbons (Fsp3) is 0.500. The van der Waals surface area contributed by atoms with Gasteiger partial charge in [-0.15, -0.1) is 0 Å². The predicted octanol–water partition coefficient (Wildman–Crippen LogP) is 3.03. The molecule has 2 saturated heterocycles. The van der Waals surface area contributed by atoms with Crippen molar-refractivity contribution < 1.29 is 9.47 Å². The number of anilines is 2. The van der Waals surface area contributed by atoms with Crippen LogP contribution in [0.25, 0.3) is 0 Å². The zero-order valence-corrected chi connectivity index (χ0v) is 15.4. The molecule has 6 heteroatoms. The van der Waals surface area contributed by atoms with Crippen molar-refractivity contribution in [3.05, 3.63) is 42.2 Å². The number of nitrogens with one attached hydrogen (secondary N) is 1. The van der Waals surface area contributed by atoms with Gasteiger partial charge in [0.05, 0.1) is 25.4 Å². The molecular weight excluding hydrogens is 328 g/mol. The van der Waals surface area contributed by atoms with E-state index in [-0.39, 0.29) is 5.60 Å². The van der Waals surface area contributed by atoms with Gasteiger partial charge < -0.3 is 19.7 Å². The van der Waals surface area contributed by atoms with Gasteiger partial charge in [0.15, 0.2) is 0 Å². The van der Waals surface area contributed by atoms with E-state index < -0.39 is 0 Å². The maximum atomic E-state index is 6.30. The summed E-state index contributed by atoms with van der Waals surface area (Å²) in [6.07, 6.45) is 6.96. The normalized spacial score (nSPS) is 25.5. The van der Waals surface area contributed by atoms with Gasteiger partial charge in [-0.3, -0.25) is 0 Å². The summed E-state index contributed by atoms with van der Waals surface area (Å²) in [5.74, 6) is 1.68. The molecule has 1 spiro atoms. The number of hydrogen-bond donors (Lipinski definition) is 1. The Kier molecular flexibility index (Phi) is 4.68. The number of nitrogens with zero attached hydrogens (tertiary/aromatic N) is 3. The largest absolute Gasteiger partial charge is 0.497 e. The lowest BCUT2D eigenvalue weighted by Gasteiger charge is -2.39. The van der Waals surface area contributed by atoms with Crippen LogP contribution >= 0.6 is 0 Å². The molecule has 0 saturated carbocycles. The highest BCUT2D eigenvalue weighted by molar-refractivity contribution is 5.47. The summed E-state index contributed by atoms with van der Waals surface area (Å²) in [6, 6.07) is 8.38. The van der Waals surface area contributed by atoms with Gasteiger partial charge in [-0.05, 0) is 49.6 Å². The maximum absolute atomic E-state index is 6.30. The van der Waals surface area contributed by atoms with Crippen LogP contribution in [0.5, 0.6) is 5.75 Å². The average molecular weight is 354 g/mol. The van der Waals surface area contributed by atoms with Crippen molar-refractivity contribution >= 4 is 11.6 Å². The smallest absolute Gasteiger partial charge is 0.225 e. The predicted molar refractivity (Wildman–Crippen MR) is 102 cm³/mol. The molecule has 4 rings (SSSR count). The Balaban J connectivity index is 1.40. The van der Waals surface area contributed by atoms with E-state index in [1.165, 1.54) is 0 Å². The van der Waals surface area contributed by atoms with E-state index in [2.05, 4.69) is 32.3 Å². The first-order valence-electron chi connectivity index (χ1n) is 9.24. The Morgan fingerprint density at radius 3 is 2.73 bits per heavy atom. The van der Waals surface area contributed by atoms with E-state index in [0.29, 0.717) is 6.04 Å². The summed E-state index contributed by atoms with van der Waals surface area (Å²) in [7, 11) is 1.68. The highest BCUT2D eigenvalue weighted by Gasteiger charge is 2.44. The standard InChI is InChI=1S/C20H26N4O2/c1-15-11-21-19(22-12-15)24-9-3-8-20(14-24)10-17(13-26-20)23-16-4-6-18(25-2)7-5-16/h4-7,11-12,17,23H,3,8-10,13-14H2,1-2H3. The minimum Gasteiger partial charge on any atom is -0.497 e. The Morgan fingerprint density at radius 2 is 2.00 bits per heavy atom. The quantitative estimate of drug-likeness (QED) is 0.911. The van der Waals surface area contributed by atoms with Gasteiger partial charge in [0.1, 0.15) is 5.75 Å². The van der Waals surface area contributed by atoms with Gasteiger partial charge in [0.2, 0.25) is 5.95 Å². The number of piperidine rings is 1. The van der Waals surface area contributed by atoms with Crippen molar-refractivity contribution in [3.63, 3.8) is 0 Å². The molecule has 2 aliphatic heterocycles. The first kappa shape index (κ1) is 17.1. The topological polar surface area (TPSA) is 59.5 Å². The zero-order valence-electron chi connectivity index (χ0n) is 15.4. The SMILES string of the molecule is COc1ccc(NC2COC3(CCCN(c4ncc(C)cn4)C3)C2)cc1. The second kappa shape index (κ2) is 7.11. The minimum atomic E-state index is -0.101. The van der Waals surface area contributed by atoms with Gasteiger partial charge in [-0.2, -0.15) is 0 Å². The van der Waals surface area contributed by atoms with Crippen LogP contribution in [0.15, 0.2) is 36.7 Å². The second-order valence-electron chi connectivity index (χ2n) is 7.35. The number of aryl methyl sites for hydroxylation is 1. The Morgan fingerprint density at radius 1 is 1.23 bits per heavy atom. The summed E-state index contributed by atoms with van der Waals surface area (Å²) in [4.78, 5) is 11.2. The van der Waals surface area contributed by atoms with Crippen molar-refractivity contribution in [1.82, 2.24) is 9.97 Å². The molecule has 2 unspecified atom stereocenters. The van der Waals surface area contributed by atoms with Crippen LogP contribution in [0.2, 0.25) is 0 Å². The summed E-state index contributed by atoms with van der Waals surface area (Å²) < 4.78 is 11.5. The molecule has 0 amide bonds. The summed E-state index contributed by atoms with van der Waals surface area (Å²) in [5.41, 5.74) is 2.09. The fourth-order valence-electron chi connectivity index (χ4n) is 3.96. The molecule has 138 valence electrons. The molecule has 1 aromatic heterocycles. The van der Waals surface area contributed by atoms with Crippen molar-refractivity contribution in [2.24, 2.45) is 0 Å². The first-order chi connectivity index (χ1) is 12.7. The van der Waals surface area contributed by atoms with E-state index in [0.717, 1.165) is 61.9 Å². The van der Waals surface area contributed by atoms with Crippen LogP contribution in [0.1, 0.15) is 24.8 Å². The number of hydrogen-bond acceptors (Lipinski definition) is 6. The van der Waals surface area contributed by atoms with Crippen LogP contribution in [0.3, 0.4) is 0 Å². The fourth-order valence-corrected chi connectivity index (χ4v) is 3.96. The summed E-state index contributed by atoms with van der Waals surface area (Å²) >= 11 is 0. The van der Waals surface area contributed by atoms with E-state index in [1.54, 1.807) is 7.11 Å². The molecule has 1 aromatic carbocycles. The minimum absolute atomic E-state index is 0.101. The van der Waals surface area contributed by atoms with Crippen LogP contribution in [-0.2, 0) is 4.74 Å². The third-order valence-corrected chi connectivity index (χ3v) is 5.26. The lowest BCUT2D eigenvalue weighted by atomic mass is 9.89. The lowest BCUT2D eigenvalue weighted by Crippen LogP contribution is -2.48. The van der Waals surface area contributed by atoms with Crippen molar-refractivity contribution in [2.45, 2.75) is 37.8 Å². The highest BCUT2D eigenvalue weighted by atomic mass is 16.5. The molecule has 3 heterocycles. The number of methoxy groups -OCH3 is 1. The number of ether oxygens (including phenoxy) is 2. The van der Waals surface area contributed by atoms with E-state index in [4.69, 9.17) is 9.47 Å². The summed E-state index contributed by atoms with van der Waals surface area (Å²) in [5, 5.41) is 3.60. The third kappa shape index (κ3) is 3.60. The van der Waals surface area contributed by atoms with Gasteiger partial charge in [-0.25, -0.2) is 9.97 Å². The molecule has 0 bridgehead atoms. The number of rotatable bonds is 4. The van der Waals surface area contributed by atoms with Crippen LogP contribution in [-0.4, -0.2) is 48.4 Å². The Hall–Kier alpha value is -2.34. The van der Waals surface area contributed by atoms with Crippen LogP contribution in [0, 0.1) is 6.92 Å². The van der Waals surface area contributed by atoms with Crippen LogP contribution < -0.4 is 15.0 Å². The highest BCUT2D eigenvalue weighted by Crippen LogP contribution is 2.36. The molecular formula is C20H26N4O2. The molecule has 6 nitrogen and oxygen atoms in total. The monoisotopic (exact) mass is 354 g/mol. The molecule has 1 N–H and O–H groups in total.